The van der Waals surface area contributed by atoms with E-state index in [0.29, 0.717) is 17.8 Å². The molecule has 0 amide bonds. The van der Waals surface area contributed by atoms with Gasteiger partial charge in [-0.2, -0.15) is 0 Å². The standard InChI is InChI=1S/C26H30FN5O/c1-2-3-12-23-31-24-25(18-9-6-7-10-21(18)30-26(24)29)32(23)15-8-4-5-11-22(33)17-13-14-20(28)19(27)16-17/h6-7,9-10,13-14,16H,2-5,8,11-12,15,28H2,1H3,(H2,29,30). The lowest BCUT2D eigenvalue weighted by molar-refractivity contribution is 0.0978. The summed E-state index contributed by atoms with van der Waals surface area (Å²) in [6.07, 6.45) is 5.95. The topological polar surface area (TPSA) is 99.8 Å². The van der Waals surface area contributed by atoms with Gasteiger partial charge in [0.2, 0.25) is 0 Å². The number of aryl methyl sites for hydroxylation is 2. The van der Waals surface area contributed by atoms with Crippen molar-refractivity contribution in [3.05, 3.63) is 59.7 Å². The number of halogens is 1. The number of Topliss-reactive ketones (excluding diaryl/α,β-unsaturated/α-hetero) is 1. The van der Waals surface area contributed by atoms with Crippen molar-refractivity contribution in [2.45, 2.75) is 58.4 Å². The first-order valence-corrected chi connectivity index (χ1v) is 11.6. The summed E-state index contributed by atoms with van der Waals surface area (Å²) < 4.78 is 15.9. The average Bonchev–Trinajstić information content (AvgIpc) is 3.18. The van der Waals surface area contributed by atoms with Crippen molar-refractivity contribution in [3.8, 4) is 0 Å². The molecule has 2 aromatic heterocycles. The van der Waals surface area contributed by atoms with Crippen LogP contribution in [0.25, 0.3) is 21.9 Å². The second kappa shape index (κ2) is 9.98. The molecule has 0 atom stereocenters. The first-order chi connectivity index (χ1) is 16.0. The molecule has 2 aromatic carbocycles. The molecule has 0 radical (unpaired) electrons. The third kappa shape index (κ3) is 4.82. The number of hydrogen-bond donors (Lipinski definition) is 2. The smallest absolute Gasteiger partial charge is 0.162 e. The van der Waals surface area contributed by atoms with Crippen LogP contribution in [0.1, 0.15) is 61.6 Å². The molecule has 0 aliphatic carbocycles. The number of nitrogens with zero attached hydrogens (tertiary/aromatic N) is 3. The predicted molar refractivity (Wildman–Crippen MR) is 132 cm³/mol. The molecule has 2 heterocycles. The lowest BCUT2D eigenvalue weighted by Crippen LogP contribution is -2.06. The van der Waals surface area contributed by atoms with E-state index in [4.69, 9.17) is 16.5 Å². The van der Waals surface area contributed by atoms with Crippen LogP contribution in [0.5, 0.6) is 0 Å². The third-order valence-corrected chi connectivity index (χ3v) is 6.05. The van der Waals surface area contributed by atoms with E-state index in [2.05, 4.69) is 22.5 Å². The molecule has 0 spiro atoms. The van der Waals surface area contributed by atoms with Crippen molar-refractivity contribution in [1.82, 2.24) is 14.5 Å². The molecular formula is C26H30FN5O. The number of fused-ring (bicyclic) bond motifs is 3. The number of unbranched alkanes of at least 4 members (excludes halogenated alkanes) is 3. The Morgan fingerprint density at radius 2 is 1.85 bits per heavy atom. The summed E-state index contributed by atoms with van der Waals surface area (Å²) in [5.41, 5.74) is 14.9. The van der Waals surface area contributed by atoms with Gasteiger partial charge < -0.3 is 16.0 Å². The van der Waals surface area contributed by atoms with Gasteiger partial charge in [-0.3, -0.25) is 4.79 Å². The number of imidazole rings is 1. The fourth-order valence-corrected chi connectivity index (χ4v) is 4.25. The number of ketones is 1. The van der Waals surface area contributed by atoms with Crippen LogP contribution in [0.3, 0.4) is 0 Å². The van der Waals surface area contributed by atoms with E-state index in [1.54, 1.807) is 6.07 Å². The third-order valence-electron chi connectivity index (χ3n) is 6.05. The van der Waals surface area contributed by atoms with Crippen LogP contribution in [0.2, 0.25) is 0 Å². The van der Waals surface area contributed by atoms with Gasteiger partial charge >= 0.3 is 0 Å². The predicted octanol–water partition coefficient (Wildman–Crippen LogP) is 5.67. The lowest BCUT2D eigenvalue weighted by Gasteiger charge is -2.11. The Bertz CT molecular complexity index is 1300. The van der Waals surface area contributed by atoms with Crippen molar-refractivity contribution in [3.63, 3.8) is 0 Å². The molecule has 0 aliphatic heterocycles. The maximum Gasteiger partial charge on any atom is 0.162 e. The molecule has 0 fully saturated rings. The van der Waals surface area contributed by atoms with Crippen molar-refractivity contribution >= 4 is 39.2 Å². The van der Waals surface area contributed by atoms with Gasteiger partial charge in [0.15, 0.2) is 11.6 Å². The SMILES string of the molecule is CCCCc1nc2c(N)nc3ccccc3c2n1CCCCCC(=O)c1ccc(N)c(F)c1. The highest BCUT2D eigenvalue weighted by molar-refractivity contribution is 6.06. The van der Waals surface area contributed by atoms with Crippen molar-refractivity contribution in [2.24, 2.45) is 0 Å². The molecule has 0 unspecified atom stereocenters. The first kappa shape index (κ1) is 22.7. The van der Waals surface area contributed by atoms with Gasteiger partial charge in [-0.15, -0.1) is 0 Å². The monoisotopic (exact) mass is 447 g/mol. The average molecular weight is 448 g/mol. The zero-order chi connectivity index (χ0) is 23.4. The highest BCUT2D eigenvalue weighted by atomic mass is 19.1. The molecule has 0 saturated carbocycles. The summed E-state index contributed by atoms with van der Waals surface area (Å²) >= 11 is 0. The summed E-state index contributed by atoms with van der Waals surface area (Å²) in [6.45, 7) is 2.97. The van der Waals surface area contributed by atoms with E-state index in [0.717, 1.165) is 72.8 Å². The second-order valence-electron chi connectivity index (χ2n) is 8.46. The van der Waals surface area contributed by atoms with Gasteiger partial charge in [-0.05, 0) is 43.5 Å². The van der Waals surface area contributed by atoms with E-state index in [-0.39, 0.29) is 11.5 Å². The summed E-state index contributed by atoms with van der Waals surface area (Å²) in [6, 6.07) is 12.3. The summed E-state index contributed by atoms with van der Waals surface area (Å²) in [5, 5.41) is 1.05. The molecule has 4 N–H and O–H groups in total. The Balaban J connectivity index is 1.48. The van der Waals surface area contributed by atoms with Crippen LogP contribution in [-0.2, 0) is 13.0 Å². The zero-order valence-corrected chi connectivity index (χ0v) is 19.0. The molecule has 4 rings (SSSR count). The van der Waals surface area contributed by atoms with Gasteiger partial charge in [0, 0.05) is 30.3 Å². The van der Waals surface area contributed by atoms with Crippen LogP contribution in [0, 0.1) is 5.82 Å². The maximum atomic E-state index is 13.6. The van der Waals surface area contributed by atoms with Crippen LogP contribution in [-0.4, -0.2) is 20.3 Å². The normalized spacial score (nSPS) is 11.5. The maximum absolute atomic E-state index is 13.6. The van der Waals surface area contributed by atoms with Gasteiger partial charge in [-0.1, -0.05) is 38.0 Å². The number of benzene rings is 2. The highest BCUT2D eigenvalue weighted by Gasteiger charge is 2.17. The molecule has 7 heteroatoms. The number of rotatable bonds is 10. The molecular weight excluding hydrogens is 417 g/mol. The number of para-hydroxylation sites is 1. The van der Waals surface area contributed by atoms with E-state index in [9.17, 15) is 9.18 Å². The Kier molecular flexibility index (Phi) is 6.87. The number of anilines is 2. The van der Waals surface area contributed by atoms with Gasteiger partial charge in [0.05, 0.1) is 16.7 Å². The number of carbonyl (C=O) groups excluding carboxylic acids is 1. The van der Waals surface area contributed by atoms with Crippen LogP contribution in [0.4, 0.5) is 15.9 Å². The molecule has 4 aromatic rings. The van der Waals surface area contributed by atoms with E-state index in [1.807, 2.05) is 18.2 Å². The summed E-state index contributed by atoms with van der Waals surface area (Å²) in [7, 11) is 0. The van der Waals surface area contributed by atoms with Crippen molar-refractivity contribution in [1.29, 1.82) is 0 Å². The Morgan fingerprint density at radius 3 is 2.64 bits per heavy atom. The largest absolute Gasteiger partial charge is 0.396 e. The number of hydrogen-bond acceptors (Lipinski definition) is 5. The van der Waals surface area contributed by atoms with E-state index < -0.39 is 5.82 Å². The minimum Gasteiger partial charge on any atom is -0.396 e. The number of nitrogen functional groups attached to an aromatic ring is 2. The molecule has 172 valence electrons. The summed E-state index contributed by atoms with van der Waals surface area (Å²) in [4.78, 5) is 21.8. The number of carbonyl (C=O) groups is 1. The van der Waals surface area contributed by atoms with Gasteiger partial charge in [0.25, 0.3) is 0 Å². The Morgan fingerprint density at radius 1 is 1.03 bits per heavy atom. The quantitative estimate of drug-likeness (QED) is 0.185. The molecule has 0 saturated heterocycles. The first-order valence-electron chi connectivity index (χ1n) is 11.6. The van der Waals surface area contributed by atoms with E-state index >= 15 is 0 Å². The fraction of sp³-hybridized carbons (Fsp3) is 0.346. The van der Waals surface area contributed by atoms with Crippen LogP contribution >= 0.6 is 0 Å². The molecule has 33 heavy (non-hydrogen) atoms. The molecule has 0 aliphatic rings. The highest BCUT2D eigenvalue weighted by Crippen LogP contribution is 2.29. The van der Waals surface area contributed by atoms with Crippen LogP contribution in [0.15, 0.2) is 42.5 Å². The molecule has 0 bridgehead atoms. The number of pyridine rings is 1. The fourth-order valence-electron chi connectivity index (χ4n) is 4.25. The van der Waals surface area contributed by atoms with Crippen molar-refractivity contribution < 1.29 is 9.18 Å². The minimum absolute atomic E-state index is 0.0568. The summed E-state index contributed by atoms with van der Waals surface area (Å²) in [5.74, 6) is 0.885. The minimum atomic E-state index is -0.548. The van der Waals surface area contributed by atoms with Gasteiger partial charge in [0.1, 0.15) is 17.2 Å². The Labute approximate surface area is 192 Å². The molecule has 6 nitrogen and oxygen atoms in total. The van der Waals surface area contributed by atoms with Gasteiger partial charge in [-0.25, -0.2) is 14.4 Å². The van der Waals surface area contributed by atoms with E-state index in [1.165, 1.54) is 12.1 Å². The zero-order valence-electron chi connectivity index (χ0n) is 19.0. The lowest BCUT2D eigenvalue weighted by atomic mass is 10.0. The Hall–Kier alpha value is -3.48. The number of nitrogens with two attached hydrogens (primary N) is 2. The van der Waals surface area contributed by atoms with Crippen LogP contribution < -0.4 is 11.5 Å². The van der Waals surface area contributed by atoms with Crippen molar-refractivity contribution in [2.75, 3.05) is 11.5 Å². The second-order valence-corrected chi connectivity index (χ2v) is 8.46. The number of aromatic nitrogens is 3.